The molecule has 0 bridgehead atoms. The summed E-state index contributed by atoms with van der Waals surface area (Å²) in [6.45, 7) is 2.70. The zero-order valence-corrected chi connectivity index (χ0v) is 17.7. The van der Waals surface area contributed by atoms with Crippen molar-refractivity contribution in [2.45, 2.75) is 24.4 Å². The molecule has 0 spiro atoms. The summed E-state index contributed by atoms with van der Waals surface area (Å²) in [4.78, 5) is 30.7. The maximum absolute atomic E-state index is 12.9. The third-order valence-electron chi connectivity index (χ3n) is 5.07. The Kier molecular flexibility index (Phi) is 6.25. The Morgan fingerprint density at radius 1 is 1.14 bits per heavy atom. The molecule has 5 nitrogen and oxygen atoms in total. The van der Waals surface area contributed by atoms with Crippen LogP contribution < -0.4 is 5.32 Å². The molecule has 2 saturated heterocycles. The monoisotopic (exact) mass is 435 g/mol. The van der Waals surface area contributed by atoms with Crippen molar-refractivity contribution < 1.29 is 9.59 Å². The Labute approximate surface area is 178 Å². The number of nitrogens with zero attached hydrogens (tertiary/aromatic N) is 2. The molecule has 2 atom stereocenters. The van der Waals surface area contributed by atoms with E-state index in [1.54, 1.807) is 28.0 Å². The molecule has 1 aromatic heterocycles. The summed E-state index contributed by atoms with van der Waals surface area (Å²) in [5, 5.41) is 2.94. The highest BCUT2D eigenvalue weighted by atomic mass is 35.5. The summed E-state index contributed by atoms with van der Waals surface area (Å²) in [6.07, 6.45) is 0. The number of piperazine rings is 2. The fraction of sp³-hybridized carbons (Fsp3) is 0.400. The number of rotatable bonds is 6. The Morgan fingerprint density at radius 3 is 2.71 bits per heavy atom. The molecule has 28 heavy (non-hydrogen) atoms. The molecule has 1 N–H and O–H groups in total. The number of hydrogen-bond donors (Lipinski definition) is 1. The van der Waals surface area contributed by atoms with Gasteiger partial charge < -0.3 is 10.2 Å². The fourth-order valence-corrected chi connectivity index (χ4v) is 5.78. The van der Waals surface area contributed by atoms with Crippen molar-refractivity contribution in [2.75, 3.05) is 25.4 Å². The van der Waals surface area contributed by atoms with Gasteiger partial charge >= 0.3 is 0 Å². The second-order valence-electron chi connectivity index (χ2n) is 7.05. The van der Waals surface area contributed by atoms with Gasteiger partial charge in [-0.05, 0) is 17.7 Å². The number of carbonyl (C=O) groups excluding carboxylic acids is 2. The lowest BCUT2D eigenvalue weighted by Gasteiger charge is -2.45. The van der Waals surface area contributed by atoms with Gasteiger partial charge in [0.2, 0.25) is 11.8 Å². The standard InChI is InChI=1S/C20H22ClN3O2S2/c21-18-7-6-15(28-18)10-23-8-9-24-17(11-23)19(25)22-16(20(24)26)13-27-12-14-4-2-1-3-5-14/h1-7,16-17H,8-13H2,(H,22,25)/t16-,17+/m0/s1. The van der Waals surface area contributed by atoms with Crippen molar-refractivity contribution in [1.29, 1.82) is 0 Å². The van der Waals surface area contributed by atoms with Gasteiger partial charge in [0, 0.05) is 42.6 Å². The van der Waals surface area contributed by atoms with Gasteiger partial charge in [0.05, 0.1) is 4.34 Å². The Hall–Kier alpha value is -1.54. The maximum Gasteiger partial charge on any atom is 0.246 e. The largest absolute Gasteiger partial charge is 0.342 e. The number of thiophene rings is 1. The summed E-state index contributed by atoms with van der Waals surface area (Å²) in [5.74, 6) is 1.43. The molecule has 2 aromatic rings. The number of hydrogen-bond acceptors (Lipinski definition) is 5. The average molecular weight is 436 g/mol. The molecule has 2 amide bonds. The van der Waals surface area contributed by atoms with Gasteiger partial charge in [0.1, 0.15) is 12.1 Å². The van der Waals surface area contributed by atoms with Crippen LogP contribution in [0.15, 0.2) is 42.5 Å². The zero-order chi connectivity index (χ0) is 19.5. The molecule has 2 aliphatic rings. The van der Waals surface area contributed by atoms with Crippen LogP contribution in [-0.4, -0.2) is 59.1 Å². The van der Waals surface area contributed by atoms with Crippen molar-refractivity contribution in [3.05, 3.63) is 57.2 Å². The first-order valence-electron chi connectivity index (χ1n) is 9.29. The second kappa shape index (κ2) is 8.86. The van der Waals surface area contributed by atoms with Crippen molar-refractivity contribution >= 4 is 46.5 Å². The highest BCUT2D eigenvalue weighted by molar-refractivity contribution is 7.98. The molecule has 148 valence electrons. The topological polar surface area (TPSA) is 52.7 Å². The Bertz CT molecular complexity index is 845. The molecule has 0 aliphatic carbocycles. The molecule has 0 radical (unpaired) electrons. The van der Waals surface area contributed by atoms with Gasteiger partial charge in [-0.15, -0.1) is 11.3 Å². The van der Waals surface area contributed by atoms with Gasteiger partial charge in [-0.2, -0.15) is 11.8 Å². The van der Waals surface area contributed by atoms with Crippen LogP contribution >= 0.6 is 34.7 Å². The van der Waals surface area contributed by atoms with E-state index in [0.717, 1.165) is 23.2 Å². The minimum atomic E-state index is -0.430. The van der Waals surface area contributed by atoms with E-state index in [-0.39, 0.29) is 11.8 Å². The lowest BCUT2D eigenvalue weighted by Crippen LogP contribution is -2.69. The van der Waals surface area contributed by atoms with Crippen LogP contribution in [0.25, 0.3) is 0 Å². The predicted octanol–water partition coefficient (Wildman–Crippen LogP) is 2.85. The number of amides is 2. The molecule has 8 heteroatoms. The van der Waals surface area contributed by atoms with Crippen molar-refractivity contribution in [3.8, 4) is 0 Å². The van der Waals surface area contributed by atoms with E-state index in [2.05, 4.69) is 22.3 Å². The van der Waals surface area contributed by atoms with E-state index < -0.39 is 12.1 Å². The summed E-state index contributed by atoms with van der Waals surface area (Å²) in [7, 11) is 0. The zero-order valence-electron chi connectivity index (χ0n) is 15.3. The minimum absolute atomic E-state index is 0.0428. The minimum Gasteiger partial charge on any atom is -0.342 e. The normalized spacial score (nSPS) is 22.8. The average Bonchev–Trinajstić information content (AvgIpc) is 3.11. The van der Waals surface area contributed by atoms with Crippen molar-refractivity contribution in [3.63, 3.8) is 0 Å². The molecular weight excluding hydrogens is 414 g/mol. The van der Waals surface area contributed by atoms with Crippen molar-refractivity contribution in [2.24, 2.45) is 0 Å². The number of nitrogens with one attached hydrogen (secondary N) is 1. The van der Waals surface area contributed by atoms with Crippen LogP contribution in [0.4, 0.5) is 0 Å². The quantitative estimate of drug-likeness (QED) is 0.758. The number of thioether (sulfide) groups is 1. The molecule has 0 saturated carbocycles. The van der Waals surface area contributed by atoms with Crippen LogP contribution in [0, 0.1) is 0 Å². The SMILES string of the molecule is O=C1N[C@@H](CSCc2ccccc2)C(=O)N2CCN(Cc3ccc(Cl)s3)C[C@H]12. The number of halogens is 1. The number of benzene rings is 1. The molecule has 0 unspecified atom stereocenters. The third kappa shape index (κ3) is 4.54. The summed E-state index contributed by atoms with van der Waals surface area (Å²) >= 11 is 9.25. The summed E-state index contributed by atoms with van der Waals surface area (Å²) < 4.78 is 0.773. The predicted molar refractivity (Wildman–Crippen MR) is 115 cm³/mol. The summed E-state index contributed by atoms with van der Waals surface area (Å²) in [6, 6.07) is 13.3. The van der Waals surface area contributed by atoms with Gasteiger partial charge in [-0.3, -0.25) is 14.5 Å². The number of carbonyl (C=O) groups is 2. The number of fused-ring (bicyclic) bond motifs is 1. The molecule has 3 heterocycles. The van der Waals surface area contributed by atoms with Crippen LogP contribution in [0.3, 0.4) is 0 Å². The fourth-order valence-electron chi connectivity index (χ4n) is 3.64. The molecular formula is C20H22ClN3O2S2. The molecule has 2 aliphatic heterocycles. The van der Waals surface area contributed by atoms with Crippen LogP contribution in [0.5, 0.6) is 0 Å². The highest BCUT2D eigenvalue weighted by Gasteiger charge is 2.43. The first kappa shape index (κ1) is 19.8. The third-order valence-corrected chi connectivity index (χ3v) is 7.39. The summed E-state index contributed by atoms with van der Waals surface area (Å²) in [5.41, 5.74) is 1.22. The van der Waals surface area contributed by atoms with Gasteiger partial charge in [-0.1, -0.05) is 41.9 Å². The Balaban J connectivity index is 1.32. The van der Waals surface area contributed by atoms with Gasteiger partial charge in [0.15, 0.2) is 0 Å². The van der Waals surface area contributed by atoms with Crippen LogP contribution in [0.1, 0.15) is 10.4 Å². The van der Waals surface area contributed by atoms with Gasteiger partial charge in [-0.25, -0.2) is 0 Å². The van der Waals surface area contributed by atoms with E-state index in [9.17, 15) is 9.59 Å². The van der Waals surface area contributed by atoms with E-state index in [1.807, 2.05) is 30.3 Å². The highest BCUT2D eigenvalue weighted by Crippen LogP contribution is 2.25. The Morgan fingerprint density at radius 2 is 1.96 bits per heavy atom. The maximum atomic E-state index is 12.9. The first-order chi connectivity index (χ1) is 13.6. The van der Waals surface area contributed by atoms with Gasteiger partial charge in [0.25, 0.3) is 0 Å². The van der Waals surface area contributed by atoms with Crippen molar-refractivity contribution in [1.82, 2.24) is 15.1 Å². The smallest absolute Gasteiger partial charge is 0.246 e. The lowest BCUT2D eigenvalue weighted by molar-refractivity contribution is -0.152. The molecule has 2 fully saturated rings. The van der Waals surface area contributed by atoms with E-state index >= 15 is 0 Å². The molecule has 4 rings (SSSR count). The lowest BCUT2D eigenvalue weighted by atomic mass is 10.0. The van der Waals surface area contributed by atoms with E-state index in [4.69, 9.17) is 11.6 Å². The second-order valence-corrected chi connectivity index (χ2v) is 9.88. The first-order valence-corrected chi connectivity index (χ1v) is 11.6. The van der Waals surface area contributed by atoms with Crippen LogP contribution in [-0.2, 0) is 21.9 Å². The molecule has 1 aromatic carbocycles. The van der Waals surface area contributed by atoms with E-state index in [0.29, 0.717) is 18.8 Å². The van der Waals surface area contributed by atoms with E-state index in [1.165, 1.54) is 10.4 Å². The van der Waals surface area contributed by atoms with Crippen LogP contribution in [0.2, 0.25) is 4.34 Å².